The second-order valence-corrected chi connectivity index (χ2v) is 3.11. The molecule has 0 spiro atoms. The normalized spacial score (nSPS) is 8.54. The van der Waals surface area contributed by atoms with Crippen LogP contribution in [0, 0.1) is 0 Å². The van der Waals surface area contributed by atoms with E-state index in [-0.39, 0.29) is 5.78 Å². The minimum absolute atomic E-state index is 0.167. The molecule has 78 valence electrons. The molecule has 13 heavy (non-hydrogen) atoms. The van der Waals surface area contributed by atoms with Gasteiger partial charge in [-0.1, -0.05) is 26.2 Å². The summed E-state index contributed by atoms with van der Waals surface area (Å²) < 4.78 is 0. The highest BCUT2D eigenvalue weighted by molar-refractivity contribution is 5.72. The van der Waals surface area contributed by atoms with Gasteiger partial charge in [-0.05, 0) is 20.3 Å². The molecule has 0 aliphatic carbocycles. The molecule has 0 bridgehead atoms. The monoisotopic (exact) mass is 188 g/mol. The number of hydrogen-bond acceptors (Lipinski definition) is 2. The molecule has 0 aromatic heterocycles. The molecule has 0 aliphatic rings. The van der Waals surface area contributed by atoms with Crippen LogP contribution in [0.25, 0.3) is 0 Å². The first-order valence-corrected chi connectivity index (χ1v) is 4.69. The number of hydrogen-bond donors (Lipinski definition) is 1. The molecule has 0 aromatic carbocycles. The molecule has 0 amide bonds. The summed E-state index contributed by atoms with van der Waals surface area (Å²) >= 11 is 0. The summed E-state index contributed by atoms with van der Waals surface area (Å²) in [6.07, 6.45) is 4.55. The fourth-order valence-electron chi connectivity index (χ4n) is 0.703. The molecule has 0 aromatic rings. The van der Waals surface area contributed by atoms with E-state index >= 15 is 0 Å². The van der Waals surface area contributed by atoms with Gasteiger partial charge in [0, 0.05) is 6.42 Å². The maximum absolute atomic E-state index is 9.96. The summed E-state index contributed by atoms with van der Waals surface area (Å²) in [5, 5.41) is 8.21. The van der Waals surface area contributed by atoms with Crippen LogP contribution in [-0.4, -0.2) is 16.9 Å². The van der Waals surface area contributed by atoms with Crippen molar-refractivity contribution in [3.63, 3.8) is 0 Å². The number of carbonyl (C=O) groups is 2. The molecule has 0 saturated carbocycles. The van der Waals surface area contributed by atoms with Crippen LogP contribution in [0.4, 0.5) is 0 Å². The lowest BCUT2D eigenvalue weighted by Gasteiger charge is -1.92. The van der Waals surface area contributed by atoms with Gasteiger partial charge in [-0.15, -0.1) is 0 Å². The molecule has 0 unspecified atom stereocenters. The van der Waals surface area contributed by atoms with Crippen LogP contribution in [0.5, 0.6) is 0 Å². The van der Waals surface area contributed by atoms with E-state index in [1.807, 2.05) is 0 Å². The van der Waals surface area contributed by atoms with Crippen molar-refractivity contribution < 1.29 is 14.7 Å². The third kappa shape index (κ3) is 35.2. The van der Waals surface area contributed by atoms with Crippen LogP contribution >= 0.6 is 0 Å². The molecule has 0 fully saturated rings. The second-order valence-electron chi connectivity index (χ2n) is 3.11. The quantitative estimate of drug-likeness (QED) is 0.675. The van der Waals surface area contributed by atoms with Crippen LogP contribution in [0.1, 0.15) is 52.9 Å². The molecular formula is C10H20O3. The van der Waals surface area contributed by atoms with Gasteiger partial charge in [0.05, 0.1) is 0 Å². The molecule has 0 rings (SSSR count). The Morgan fingerprint density at radius 2 is 1.54 bits per heavy atom. The summed E-state index contributed by atoms with van der Waals surface area (Å²) in [5.41, 5.74) is 0. The maximum Gasteiger partial charge on any atom is 0.303 e. The molecule has 0 heterocycles. The maximum atomic E-state index is 9.96. The highest BCUT2D eigenvalue weighted by atomic mass is 16.4. The fourth-order valence-corrected chi connectivity index (χ4v) is 0.703. The van der Waals surface area contributed by atoms with Crippen molar-refractivity contribution in [1.29, 1.82) is 0 Å². The lowest BCUT2D eigenvalue weighted by atomic mass is 10.2. The topological polar surface area (TPSA) is 54.4 Å². The van der Waals surface area contributed by atoms with E-state index in [2.05, 4.69) is 6.92 Å². The Morgan fingerprint density at radius 1 is 1.08 bits per heavy atom. The summed E-state index contributed by atoms with van der Waals surface area (Å²) in [7, 11) is 0. The highest BCUT2D eigenvalue weighted by Crippen LogP contribution is 2.01. The van der Waals surface area contributed by atoms with Crippen LogP contribution in [-0.2, 0) is 9.59 Å². The number of carboxylic acids is 1. The number of aliphatic carboxylic acids is 1. The first-order chi connectivity index (χ1) is 6.00. The summed E-state index contributed by atoms with van der Waals surface area (Å²) in [6, 6.07) is 0. The summed E-state index contributed by atoms with van der Waals surface area (Å²) in [6.45, 7) is 5.17. The summed E-state index contributed by atoms with van der Waals surface area (Å²) in [5.74, 6) is -0.508. The van der Waals surface area contributed by atoms with Crippen molar-refractivity contribution in [2.45, 2.75) is 52.9 Å². The van der Waals surface area contributed by atoms with Crippen LogP contribution in [0.15, 0.2) is 0 Å². The van der Waals surface area contributed by atoms with E-state index in [1.54, 1.807) is 0 Å². The summed E-state index contributed by atoms with van der Waals surface area (Å²) in [4.78, 5) is 19.4. The van der Waals surface area contributed by atoms with Crippen LogP contribution in [0.3, 0.4) is 0 Å². The molecule has 0 radical (unpaired) electrons. The van der Waals surface area contributed by atoms with Crippen molar-refractivity contribution in [3.8, 4) is 0 Å². The molecular weight excluding hydrogens is 168 g/mol. The minimum Gasteiger partial charge on any atom is -0.481 e. The lowest BCUT2D eigenvalue weighted by molar-refractivity contribution is -0.137. The lowest BCUT2D eigenvalue weighted by Crippen LogP contribution is -1.92. The Kier molecular flexibility index (Phi) is 12.6. The average molecular weight is 188 g/mol. The van der Waals surface area contributed by atoms with Crippen LogP contribution < -0.4 is 0 Å². The minimum atomic E-state index is -0.675. The number of carbonyl (C=O) groups excluding carboxylic acids is 1. The molecule has 0 aliphatic heterocycles. The zero-order chi connectivity index (χ0) is 10.7. The van der Waals surface area contributed by atoms with Gasteiger partial charge >= 0.3 is 5.97 Å². The van der Waals surface area contributed by atoms with E-state index in [1.165, 1.54) is 20.3 Å². The van der Waals surface area contributed by atoms with Gasteiger partial charge in [0.15, 0.2) is 0 Å². The van der Waals surface area contributed by atoms with Gasteiger partial charge in [-0.2, -0.15) is 0 Å². The van der Waals surface area contributed by atoms with Crippen molar-refractivity contribution in [2.24, 2.45) is 0 Å². The second kappa shape index (κ2) is 11.1. The van der Waals surface area contributed by atoms with Crippen molar-refractivity contribution in [3.05, 3.63) is 0 Å². The van der Waals surface area contributed by atoms with Crippen molar-refractivity contribution >= 4 is 11.8 Å². The van der Waals surface area contributed by atoms with Gasteiger partial charge in [-0.3, -0.25) is 4.79 Å². The molecule has 1 N–H and O–H groups in total. The SMILES string of the molecule is CC(C)=O.CCCCCCC(=O)O. The average Bonchev–Trinajstić information content (AvgIpc) is 1.97. The Hall–Kier alpha value is -0.860. The zero-order valence-electron chi connectivity index (χ0n) is 8.80. The highest BCUT2D eigenvalue weighted by Gasteiger charge is 1.93. The molecule has 0 saturated heterocycles. The predicted octanol–water partition coefficient (Wildman–Crippen LogP) is 2.64. The first kappa shape index (κ1) is 14.7. The Bertz CT molecular complexity index is 137. The smallest absolute Gasteiger partial charge is 0.303 e. The largest absolute Gasteiger partial charge is 0.481 e. The number of rotatable bonds is 5. The van der Waals surface area contributed by atoms with Crippen molar-refractivity contribution in [2.75, 3.05) is 0 Å². The Morgan fingerprint density at radius 3 is 1.85 bits per heavy atom. The van der Waals surface area contributed by atoms with E-state index in [0.717, 1.165) is 19.3 Å². The fraction of sp³-hybridized carbons (Fsp3) is 0.800. The van der Waals surface area contributed by atoms with Gasteiger partial charge in [0.25, 0.3) is 0 Å². The third-order valence-corrected chi connectivity index (χ3v) is 1.24. The van der Waals surface area contributed by atoms with E-state index < -0.39 is 5.97 Å². The predicted molar refractivity (Wildman–Crippen MR) is 52.7 cm³/mol. The van der Waals surface area contributed by atoms with E-state index in [9.17, 15) is 9.59 Å². The number of carboxylic acid groups (broad SMARTS) is 1. The molecule has 3 nitrogen and oxygen atoms in total. The third-order valence-electron chi connectivity index (χ3n) is 1.24. The number of Topliss-reactive ketones (excluding diaryl/α,β-unsaturated/α-hetero) is 1. The number of unbranched alkanes of at least 4 members (excludes halogenated alkanes) is 3. The van der Waals surface area contributed by atoms with Crippen molar-refractivity contribution in [1.82, 2.24) is 0 Å². The Balaban J connectivity index is 0. The van der Waals surface area contributed by atoms with E-state index in [4.69, 9.17) is 5.11 Å². The molecule has 3 heteroatoms. The Labute approximate surface area is 80.1 Å². The van der Waals surface area contributed by atoms with Crippen LogP contribution in [0.2, 0.25) is 0 Å². The molecule has 0 atom stereocenters. The van der Waals surface area contributed by atoms with Gasteiger partial charge in [-0.25, -0.2) is 0 Å². The van der Waals surface area contributed by atoms with E-state index in [0.29, 0.717) is 6.42 Å². The first-order valence-electron chi connectivity index (χ1n) is 4.69. The number of ketones is 1. The van der Waals surface area contributed by atoms with Gasteiger partial charge < -0.3 is 9.90 Å². The van der Waals surface area contributed by atoms with Gasteiger partial charge in [0.2, 0.25) is 0 Å². The van der Waals surface area contributed by atoms with Gasteiger partial charge in [0.1, 0.15) is 5.78 Å². The zero-order valence-corrected chi connectivity index (χ0v) is 8.80. The standard InChI is InChI=1S/C7H14O2.C3H6O/c1-2-3-4-5-6-7(8)9;1-3(2)4/h2-6H2,1H3,(H,8,9);1-2H3.